The van der Waals surface area contributed by atoms with Crippen LogP contribution in [-0.2, 0) is 29.0 Å². The summed E-state index contributed by atoms with van der Waals surface area (Å²) in [6.45, 7) is 3.23. The Balaban J connectivity index is 1.26. The summed E-state index contributed by atoms with van der Waals surface area (Å²) >= 11 is 0. The highest BCUT2D eigenvalue weighted by molar-refractivity contribution is 5.94. The Morgan fingerprint density at radius 1 is 1.15 bits per heavy atom. The maximum atomic E-state index is 15.5. The molecule has 0 saturated carbocycles. The number of benzene rings is 2. The Labute approximate surface area is 227 Å². The van der Waals surface area contributed by atoms with Gasteiger partial charge in [-0.15, -0.1) is 0 Å². The van der Waals surface area contributed by atoms with Crippen molar-refractivity contribution in [1.29, 1.82) is 0 Å². The number of hydrogen-bond acceptors (Lipinski definition) is 6. The Kier molecular flexibility index (Phi) is 6.49. The van der Waals surface area contributed by atoms with E-state index in [2.05, 4.69) is 20.2 Å². The van der Waals surface area contributed by atoms with Crippen LogP contribution in [-0.4, -0.2) is 77.7 Å². The van der Waals surface area contributed by atoms with Gasteiger partial charge in [-0.05, 0) is 66.8 Å². The molecular weight excluding hydrogens is 522 g/mol. The molecule has 4 N–H and O–H groups in total. The molecule has 2 aromatic carbocycles. The molecule has 0 aliphatic carbocycles. The Bertz CT molecular complexity index is 1650. The SMILES string of the molecule is CCc1cc(O)c(F)cc1-c1cc(F)c2c(-c3nc4c([nH]3)CN(C(=O)CN3CCC[C@H]3C(=O)O)CC4)n[nH]c2c1. The first kappa shape index (κ1) is 25.9. The van der Waals surface area contributed by atoms with Crippen LogP contribution in [0.15, 0.2) is 24.3 Å². The number of nitrogens with one attached hydrogen (secondary N) is 2. The van der Waals surface area contributed by atoms with Crippen molar-refractivity contribution in [3.8, 4) is 28.4 Å². The molecule has 1 amide bonds. The number of phenols is 1. The van der Waals surface area contributed by atoms with Crippen molar-refractivity contribution in [1.82, 2.24) is 30.0 Å². The summed E-state index contributed by atoms with van der Waals surface area (Å²) in [5.41, 5.74) is 3.81. The molecule has 12 heteroatoms. The number of H-pyrrole nitrogens is 2. The summed E-state index contributed by atoms with van der Waals surface area (Å²) in [6.07, 6.45) is 2.31. The van der Waals surface area contributed by atoms with E-state index in [-0.39, 0.29) is 24.4 Å². The van der Waals surface area contributed by atoms with Crippen LogP contribution in [0.4, 0.5) is 8.78 Å². The number of carbonyl (C=O) groups is 2. The van der Waals surface area contributed by atoms with Crippen molar-refractivity contribution in [3.63, 3.8) is 0 Å². The van der Waals surface area contributed by atoms with Crippen LogP contribution < -0.4 is 0 Å². The molecule has 40 heavy (non-hydrogen) atoms. The fourth-order valence-corrected chi connectivity index (χ4v) is 5.79. The molecule has 1 saturated heterocycles. The van der Waals surface area contributed by atoms with E-state index in [4.69, 9.17) is 0 Å². The predicted octanol–water partition coefficient (Wildman–Crippen LogP) is 3.60. The highest BCUT2D eigenvalue weighted by Crippen LogP contribution is 2.35. The molecule has 208 valence electrons. The summed E-state index contributed by atoms with van der Waals surface area (Å²) in [7, 11) is 0. The summed E-state index contributed by atoms with van der Waals surface area (Å²) in [4.78, 5) is 35.7. The Hall–Kier alpha value is -4.32. The van der Waals surface area contributed by atoms with E-state index in [1.54, 1.807) is 15.9 Å². The second-order valence-electron chi connectivity index (χ2n) is 10.3. The molecule has 4 heterocycles. The van der Waals surface area contributed by atoms with Crippen molar-refractivity contribution in [3.05, 3.63) is 52.9 Å². The molecule has 2 aliphatic rings. The molecule has 4 aromatic rings. The van der Waals surface area contributed by atoms with Gasteiger partial charge in [0.1, 0.15) is 17.6 Å². The van der Waals surface area contributed by atoms with Crippen molar-refractivity contribution >= 4 is 22.8 Å². The number of aromatic hydroxyl groups is 1. The fourth-order valence-electron chi connectivity index (χ4n) is 5.79. The minimum Gasteiger partial charge on any atom is -0.505 e. The largest absolute Gasteiger partial charge is 0.505 e. The highest BCUT2D eigenvalue weighted by atomic mass is 19.1. The van der Waals surface area contributed by atoms with Crippen molar-refractivity contribution in [2.75, 3.05) is 19.6 Å². The molecule has 2 aliphatic heterocycles. The maximum absolute atomic E-state index is 15.5. The normalized spacial score (nSPS) is 17.5. The standard InChI is InChI=1S/C28H28F2N6O4/c1-2-14-10-23(37)17(29)11-16(14)15-8-18(30)25-20(9-15)33-34-26(25)27-31-19-5-7-36(12-21(19)32-27)24(38)13-35-6-3-4-22(35)28(39)40/h8-11,22,37H,2-7,12-13H2,1H3,(H,31,32)(H,33,34)(H,39,40)/t22-/m0/s1. The average Bonchev–Trinajstić information content (AvgIpc) is 3.67. The van der Waals surface area contributed by atoms with Gasteiger partial charge in [0.05, 0.1) is 35.4 Å². The number of rotatable bonds is 6. The number of aromatic amines is 2. The van der Waals surface area contributed by atoms with E-state index in [1.165, 1.54) is 18.2 Å². The van der Waals surface area contributed by atoms with E-state index in [0.29, 0.717) is 66.1 Å². The second-order valence-corrected chi connectivity index (χ2v) is 10.3. The number of aryl methyl sites for hydroxylation is 1. The van der Waals surface area contributed by atoms with Crippen molar-refractivity contribution < 1.29 is 28.6 Å². The summed E-state index contributed by atoms with van der Waals surface area (Å²) < 4.78 is 29.7. The van der Waals surface area contributed by atoms with E-state index in [0.717, 1.165) is 17.8 Å². The molecule has 10 nitrogen and oxygen atoms in total. The van der Waals surface area contributed by atoms with Gasteiger partial charge in [-0.1, -0.05) is 6.92 Å². The zero-order valence-corrected chi connectivity index (χ0v) is 21.8. The first-order chi connectivity index (χ1) is 19.2. The number of imidazole rings is 1. The first-order valence-corrected chi connectivity index (χ1v) is 13.3. The smallest absolute Gasteiger partial charge is 0.320 e. The zero-order chi connectivity index (χ0) is 28.1. The van der Waals surface area contributed by atoms with Crippen LogP contribution >= 0.6 is 0 Å². The Morgan fingerprint density at radius 3 is 2.75 bits per heavy atom. The number of amides is 1. The third kappa shape index (κ3) is 4.47. The minimum atomic E-state index is -0.906. The first-order valence-electron chi connectivity index (χ1n) is 13.3. The lowest BCUT2D eigenvalue weighted by Gasteiger charge is -2.29. The van der Waals surface area contributed by atoms with Crippen LogP contribution in [0.2, 0.25) is 0 Å². The number of aliphatic carboxylic acids is 1. The summed E-state index contributed by atoms with van der Waals surface area (Å²) in [5, 5.41) is 26.5. The maximum Gasteiger partial charge on any atom is 0.320 e. The van der Waals surface area contributed by atoms with Crippen molar-refractivity contribution in [2.45, 2.75) is 45.2 Å². The van der Waals surface area contributed by atoms with Gasteiger partial charge >= 0.3 is 5.97 Å². The number of phenolic OH excluding ortho intramolecular Hbond substituents is 1. The third-order valence-electron chi connectivity index (χ3n) is 7.88. The lowest BCUT2D eigenvalue weighted by atomic mass is 9.96. The summed E-state index contributed by atoms with van der Waals surface area (Å²) in [5.74, 6) is -2.47. The lowest BCUT2D eigenvalue weighted by Crippen LogP contribution is -2.46. The number of carbonyl (C=O) groups excluding carboxylic acids is 1. The number of aromatic nitrogens is 4. The van der Waals surface area contributed by atoms with Gasteiger partial charge in [-0.25, -0.2) is 13.8 Å². The molecular formula is C28H28F2N6O4. The molecule has 1 atom stereocenters. The predicted molar refractivity (Wildman–Crippen MR) is 141 cm³/mol. The molecule has 0 radical (unpaired) electrons. The zero-order valence-electron chi connectivity index (χ0n) is 21.8. The second kappa shape index (κ2) is 10.0. The fraction of sp³-hybridized carbons (Fsp3) is 0.357. The number of nitrogens with zero attached hydrogens (tertiary/aromatic N) is 4. The monoisotopic (exact) mass is 550 g/mol. The van der Waals surface area contributed by atoms with Gasteiger partial charge in [0.25, 0.3) is 0 Å². The van der Waals surface area contributed by atoms with Gasteiger partial charge in [0, 0.05) is 13.0 Å². The lowest BCUT2D eigenvalue weighted by molar-refractivity contribution is -0.143. The van der Waals surface area contributed by atoms with Crippen LogP contribution in [0.5, 0.6) is 5.75 Å². The number of carboxylic acids is 1. The average molecular weight is 551 g/mol. The minimum absolute atomic E-state index is 0.0511. The van der Waals surface area contributed by atoms with E-state index >= 15 is 4.39 Å². The highest BCUT2D eigenvalue weighted by Gasteiger charge is 2.34. The van der Waals surface area contributed by atoms with Gasteiger partial charge in [0.2, 0.25) is 5.91 Å². The van der Waals surface area contributed by atoms with Gasteiger partial charge < -0.3 is 20.1 Å². The van der Waals surface area contributed by atoms with Crippen LogP contribution in [0, 0.1) is 11.6 Å². The number of fused-ring (bicyclic) bond motifs is 2. The molecule has 0 bridgehead atoms. The van der Waals surface area contributed by atoms with E-state index in [9.17, 15) is 24.2 Å². The van der Waals surface area contributed by atoms with Gasteiger partial charge in [-0.3, -0.25) is 19.6 Å². The molecule has 0 unspecified atom stereocenters. The van der Waals surface area contributed by atoms with Crippen molar-refractivity contribution in [2.24, 2.45) is 0 Å². The number of likely N-dealkylation sites (tertiary alicyclic amines) is 1. The van der Waals surface area contributed by atoms with Gasteiger partial charge in [-0.2, -0.15) is 5.10 Å². The topological polar surface area (TPSA) is 138 Å². The molecule has 0 spiro atoms. The van der Waals surface area contributed by atoms with Crippen LogP contribution in [0.25, 0.3) is 33.5 Å². The van der Waals surface area contributed by atoms with Gasteiger partial charge in [0.15, 0.2) is 17.4 Å². The van der Waals surface area contributed by atoms with Crippen LogP contribution in [0.3, 0.4) is 0 Å². The number of halogens is 2. The molecule has 6 rings (SSSR count). The Morgan fingerprint density at radius 2 is 1.98 bits per heavy atom. The van der Waals surface area contributed by atoms with Crippen LogP contribution in [0.1, 0.15) is 36.7 Å². The van der Waals surface area contributed by atoms with E-state index < -0.39 is 29.4 Å². The third-order valence-corrected chi connectivity index (χ3v) is 7.88. The molecule has 1 fully saturated rings. The number of carboxylic acid groups (broad SMARTS) is 1. The number of hydrogen-bond donors (Lipinski definition) is 4. The quantitative estimate of drug-likeness (QED) is 0.288. The molecule has 2 aromatic heterocycles. The van der Waals surface area contributed by atoms with E-state index in [1.807, 2.05) is 6.92 Å². The summed E-state index contributed by atoms with van der Waals surface area (Å²) in [6, 6.07) is 4.92.